The van der Waals surface area contributed by atoms with Crippen LogP contribution in [0.5, 0.6) is 0 Å². The van der Waals surface area contributed by atoms with Crippen LogP contribution in [-0.4, -0.2) is 9.55 Å². The molecular formula is C12H11N3O3. The minimum absolute atomic E-state index is 0.0825. The van der Waals surface area contributed by atoms with E-state index >= 15 is 0 Å². The maximum absolute atomic E-state index is 11.6. The van der Waals surface area contributed by atoms with Gasteiger partial charge < -0.3 is 4.42 Å². The van der Waals surface area contributed by atoms with E-state index in [4.69, 9.17) is 9.68 Å². The first-order valence-corrected chi connectivity index (χ1v) is 5.39. The van der Waals surface area contributed by atoms with Gasteiger partial charge in [-0.1, -0.05) is 0 Å². The Labute approximate surface area is 102 Å². The van der Waals surface area contributed by atoms with Gasteiger partial charge in [0.05, 0.1) is 6.26 Å². The summed E-state index contributed by atoms with van der Waals surface area (Å²) in [4.78, 5) is 25.0. The third kappa shape index (κ3) is 2.25. The molecule has 0 aromatic carbocycles. The minimum atomic E-state index is -0.663. The van der Waals surface area contributed by atoms with Gasteiger partial charge >= 0.3 is 5.69 Å². The molecule has 1 N–H and O–H groups in total. The third-order valence-corrected chi connectivity index (χ3v) is 2.64. The summed E-state index contributed by atoms with van der Waals surface area (Å²) in [6, 6.07) is 5.10. The van der Waals surface area contributed by atoms with Crippen molar-refractivity contribution >= 4 is 0 Å². The molecule has 0 fully saturated rings. The van der Waals surface area contributed by atoms with Gasteiger partial charge in [-0.05, 0) is 19.1 Å². The Bertz CT molecular complexity index is 689. The lowest BCUT2D eigenvalue weighted by atomic mass is 10.2. The van der Waals surface area contributed by atoms with Crippen LogP contribution in [0.25, 0.3) is 0 Å². The highest BCUT2D eigenvalue weighted by atomic mass is 16.3. The van der Waals surface area contributed by atoms with E-state index in [1.807, 2.05) is 6.92 Å². The summed E-state index contributed by atoms with van der Waals surface area (Å²) in [5.41, 5.74) is -1.28. The zero-order valence-electron chi connectivity index (χ0n) is 9.71. The molecule has 18 heavy (non-hydrogen) atoms. The summed E-state index contributed by atoms with van der Waals surface area (Å²) in [5, 5.41) is 8.77. The lowest BCUT2D eigenvalue weighted by Crippen LogP contribution is -2.33. The van der Waals surface area contributed by atoms with Crippen molar-refractivity contribution in [3.63, 3.8) is 0 Å². The number of hydrogen-bond acceptors (Lipinski definition) is 4. The molecule has 0 aliphatic heterocycles. The topological polar surface area (TPSA) is 91.8 Å². The summed E-state index contributed by atoms with van der Waals surface area (Å²) in [6.07, 6.45) is 3.33. The van der Waals surface area contributed by atoms with E-state index in [9.17, 15) is 9.59 Å². The Morgan fingerprint density at radius 3 is 2.94 bits per heavy atom. The molecule has 0 spiro atoms. The molecule has 2 heterocycles. The Morgan fingerprint density at radius 1 is 1.56 bits per heavy atom. The average Bonchev–Trinajstić information content (AvgIpc) is 2.81. The number of nitrogens with one attached hydrogen (secondary N) is 1. The van der Waals surface area contributed by atoms with Crippen LogP contribution in [0.1, 0.15) is 24.3 Å². The van der Waals surface area contributed by atoms with Gasteiger partial charge in [0.1, 0.15) is 17.4 Å². The second kappa shape index (κ2) is 4.75. The second-order valence-electron chi connectivity index (χ2n) is 3.95. The van der Waals surface area contributed by atoms with Gasteiger partial charge in [0.15, 0.2) is 0 Å². The first-order chi connectivity index (χ1) is 8.61. The lowest BCUT2D eigenvalue weighted by molar-refractivity contribution is 0.437. The van der Waals surface area contributed by atoms with Crippen molar-refractivity contribution in [3.05, 3.63) is 56.8 Å². The fourth-order valence-corrected chi connectivity index (χ4v) is 1.71. The molecule has 6 nitrogen and oxygen atoms in total. The van der Waals surface area contributed by atoms with Crippen molar-refractivity contribution in [2.75, 3.05) is 0 Å². The van der Waals surface area contributed by atoms with Gasteiger partial charge in [0.2, 0.25) is 0 Å². The molecule has 0 bridgehead atoms. The van der Waals surface area contributed by atoms with Gasteiger partial charge in [-0.15, -0.1) is 0 Å². The molecule has 2 rings (SSSR count). The Balaban J connectivity index is 2.36. The standard InChI is InChI=1S/C12H11N3O3/c1-8(5-10-3-2-4-18-10)15-7-9(6-13)11(16)14-12(15)17/h2-4,7-8H,5H2,1H3,(H,14,16,17). The fraction of sp³-hybridized carbons (Fsp3) is 0.250. The second-order valence-corrected chi connectivity index (χ2v) is 3.95. The van der Waals surface area contributed by atoms with Crippen molar-refractivity contribution in [1.29, 1.82) is 5.26 Å². The van der Waals surface area contributed by atoms with Crippen LogP contribution in [0.2, 0.25) is 0 Å². The molecule has 0 saturated carbocycles. The van der Waals surface area contributed by atoms with Crippen LogP contribution in [0.4, 0.5) is 0 Å². The van der Waals surface area contributed by atoms with E-state index in [0.29, 0.717) is 6.42 Å². The third-order valence-electron chi connectivity index (χ3n) is 2.64. The van der Waals surface area contributed by atoms with E-state index in [-0.39, 0.29) is 11.6 Å². The van der Waals surface area contributed by atoms with Gasteiger partial charge in [0, 0.05) is 18.7 Å². The van der Waals surface area contributed by atoms with E-state index < -0.39 is 11.2 Å². The smallest absolute Gasteiger partial charge is 0.328 e. The largest absolute Gasteiger partial charge is 0.469 e. The minimum Gasteiger partial charge on any atom is -0.469 e. The van der Waals surface area contributed by atoms with Crippen molar-refractivity contribution in [1.82, 2.24) is 9.55 Å². The number of nitriles is 1. The van der Waals surface area contributed by atoms with Crippen LogP contribution < -0.4 is 11.2 Å². The highest BCUT2D eigenvalue weighted by molar-refractivity contribution is 5.22. The Kier molecular flexibility index (Phi) is 3.15. The van der Waals surface area contributed by atoms with Gasteiger partial charge in [-0.3, -0.25) is 14.3 Å². The average molecular weight is 245 g/mol. The molecule has 92 valence electrons. The molecule has 1 unspecified atom stereocenters. The fourth-order valence-electron chi connectivity index (χ4n) is 1.71. The summed E-state index contributed by atoms with van der Waals surface area (Å²) in [5.74, 6) is 0.735. The maximum atomic E-state index is 11.6. The van der Waals surface area contributed by atoms with E-state index in [0.717, 1.165) is 5.76 Å². The maximum Gasteiger partial charge on any atom is 0.328 e. The number of H-pyrrole nitrogens is 1. The van der Waals surface area contributed by atoms with Gasteiger partial charge in [-0.2, -0.15) is 5.26 Å². The summed E-state index contributed by atoms with van der Waals surface area (Å²) in [6.45, 7) is 1.81. The van der Waals surface area contributed by atoms with Crippen LogP contribution in [0, 0.1) is 11.3 Å². The predicted octanol–water partition coefficient (Wildman–Crippen LogP) is 0.805. The number of aromatic nitrogens is 2. The van der Waals surface area contributed by atoms with Crippen LogP contribution in [-0.2, 0) is 6.42 Å². The van der Waals surface area contributed by atoms with Gasteiger partial charge in [-0.25, -0.2) is 4.79 Å². The lowest BCUT2D eigenvalue weighted by Gasteiger charge is -2.13. The van der Waals surface area contributed by atoms with E-state index in [1.54, 1.807) is 24.5 Å². The SMILES string of the molecule is CC(Cc1ccco1)n1cc(C#N)c(=O)[nH]c1=O. The highest BCUT2D eigenvalue weighted by Crippen LogP contribution is 2.12. The molecular weight excluding hydrogens is 234 g/mol. The molecule has 2 aromatic rings. The van der Waals surface area contributed by atoms with Crippen LogP contribution in [0.3, 0.4) is 0 Å². The highest BCUT2D eigenvalue weighted by Gasteiger charge is 2.12. The predicted molar refractivity (Wildman–Crippen MR) is 63.2 cm³/mol. The Hall–Kier alpha value is -2.55. The molecule has 0 radical (unpaired) electrons. The van der Waals surface area contributed by atoms with Crippen molar-refractivity contribution in [3.8, 4) is 6.07 Å². The first-order valence-electron chi connectivity index (χ1n) is 5.39. The number of aromatic amines is 1. The first kappa shape index (κ1) is 11.9. The Morgan fingerprint density at radius 2 is 2.33 bits per heavy atom. The summed E-state index contributed by atoms with van der Waals surface area (Å²) in [7, 11) is 0. The zero-order valence-corrected chi connectivity index (χ0v) is 9.71. The van der Waals surface area contributed by atoms with Crippen molar-refractivity contribution in [2.24, 2.45) is 0 Å². The van der Waals surface area contributed by atoms with E-state index in [1.165, 1.54) is 10.8 Å². The monoisotopic (exact) mass is 245 g/mol. The summed E-state index contributed by atoms with van der Waals surface area (Å²) >= 11 is 0. The molecule has 0 amide bonds. The van der Waals surface area contributed by atoms with Gasteiger partial charge in [0.25, 0.3) is 5.56 Å². The normalized spacial score (nSPS) is 12.0. The molecule has 0 saturated heterocycles. The molecule has 6 heteroatoms. The van der Waals surface area contributed by atoms with Crippen LogP contribution >= 0.6 is 0 Å². The number of nitrogens with zero attached hydrogens (tertiary/aromatic N) is 2. The van der Waals surface area contributed by atoms with Crippen LogP contribution in [0.15, 0.2) is 38.6 Å². The zero-order chi connectivity index (χ0) is 13.1. The number of furan rings is 1. The quantitative estimate of drug-likeness (QED) is 0.865. The number of hydrogen-bond donors (Lipinski definition) is 1. The molecule has 0 aliphatic rings. The van der Waals surface area contributed by atoms with Crippen molar-refractivity contribution in [2.45, 2.75) is 19.4 Å². The van der Waals surface area contributed by atoms with E-state index in [2.05, 4.69) is 4.98 Å². The van der Waals surface area contributed by atoms with Crippen molar-refractivity contribution < 1.29 is 4.42 Å². The molecule has 0 aliphatic carbocycles. The summed E-state index contributed by atoms with van der Waals surface area (Å²) < 4.78 is 6.52. The number of rotatable bonds is 3. The molecule has 1 atom stereocenters. The molecule has 2 aromatic heterocycles.